The first-order chi connectivity index (χ1) is 9.22. The zero-order valence-electron chi connectivity index (χ0n) is 13.7. The van der Waals surface area contributed by atoms with Gasteiger partial charge in [0.05, 0.1) is 27.7 Å². The van der Waals surface area contributed by atoms with Crippen LogP contribution in [0.2, 0.25) is 0 Å². The number of benzene rings is 1. The number of para-hydroxylation sites is 1. The van der Waals surface area contributed by atoms with Gasteiger partial charge in [0, 0.05) is 24.1 Å². The van der Waals surface area contributed by atoms with Gasteiger partial charge < -0.3 is 7.60 Å². The highest BCUT2D eigenvalue weighted by molar-refractivity contribution is 14.2. The number of rotatable bonds is 4. The van der Waals surface area contributed by atoms with E-state index in [0.29, 0.717) is 0 Å². The quantitative estimate of drug-likeness (QED) is 0.430. The molecule has 2 nitrogen and oxygen atoms in total. The number of hydrogen-bond donors (Lipinski definition) is 0. The van der Waals surface area contributed by atoms with E-state index in [1.54, 1.807) is 3.51 Å². The molecule has 0 bridgehead atoms. The summed E-state index contributed by atoms with van der Waals surface area (Å²) in [6, 6.07) is 9.00. The van der Waals surface area contributed by atoms with Crippen LogP contribution in [0.15, 0.2) is 24.3 Å². The van der Waals surface area contributed by atoms with Crippen molar-refractivity contribution in [3.05, 3.63) is 29.8 Å². The van der Waals surface area contributed by atoms with Crippen LogP contribution in [0.25, 0.3) is 0 Å². The van der Waals surface area contributed by atoms with E-state index in [1.165, 1.54) is 30.8 Å². The van der Waals surface area contributed by atoms with E-state index in [1.807, 2.05) is 0 Å². The molecule has 0 amide bonds. The van der Waals surface area contributed by atoms with E-state index in [0.717, 1.165) is 4.48 Å². The highest BCUT2D eigenvalue weighted by atomic mass is 127. The van der Waals surface area contributed by atoms with Crippen molar-refractivity contribution in [3.63, 3.8) is 0 Å². The van der Waals surface area contributed by atoms with Gasteiger partial charge in [-0.05, 0) is 43.1 Å². The molecule has 1 heterocycles. The second-order valence-electron chi connectivity index (χ2n) is 7.21. The summed E-state index contributed by atoms with van der Waals surface area (Å²) in [5.74, 6) is 0. The van der Waals surface area contributed by atoms with Gasteiger partial charge in [0.1, 0.15) is 0 Å². The number of fused-ring (bicyclic) bond motifs is 1. The van der Waals surface area contributed by atoms with Crippen LogP contribution < -0.4 is 3.11 Å². The van der Waals surface area contributed by atoms with Gasteiger partial charge in [-0.1, -0.05) is 32.0 Å². The zero-order chi connectivity index (χ0) is 15.0. The van der Waals surface area contributed by atoms with Crippen LogP contribution >= 0.6 is 21.0 Å². The zero-order valence-corrected chi connectivity index (χ0v) is 15.9. The van der Waals surface area contributed by atoms with E-state index < -0.39 is 0 Å². The topological polar surface area (TPSA) is 3.24 Å². The molecule has 1 aliphatic heterocycles. The molecule has 0 fully saturated rings. The van der Waals surface area contributed by atoms with Crippen LogP contribution in [0.3, 0.4) is 0 Å². The maximum Gasteiger partial charge on any atom is 0.0797 e. The third kappa shape index (κ3) is 3.42. The Morgan fingerprint density at radius 1 is 1.15 bits per heavy atom. The maximum absolute atomic E-state index is 2.67. The summed E-state index contributed by atoms with van der Waals surface area (Å²) in [4.78, 5) is 0. The maximum atomic E-state index is 2.67. The molecule has 0 unspecified atom stereocenters. The lowest BCUT2D eigenvalue weighted by Gasteiger charge is -2.38. The molecule has 1 aromatic carbocycles. The summed E-state index contributed by atoms with van der Waals surface area (Å²) >= 11 is 0.00113. The second kappa shape index (κ2) is 5.76. The van der Waals surface area contributed by atoms with E-state index in [9.17, 15) is 0 Å². The van der Waals surface area contributed by atoms with Crippen LogP contribution in [0, 0.1) is 0 Å². The summed E-state index contributed by atoms with van der Waals surface area (Å²) in [6.45, 7) is 9.56. The van der Waals surface area contributed by atoms with Gasteiger partial charge in [-0.2, -0.15) is 0 Å². The summed E-state index contributed by atoms with van der Waals surface area (Å²) in [5, 5.41) is 0. The van der Waals surface area contributed by atoms with Gasteiger partial charge in [0.15, 0.2) is 0 Å². The molecule has 0 atom stereocenters. The molecule has 0 spiro atoms. The molecule has 0 aliphatic carbocycles. The summed E-state index contributed by atoms with van der Waals surface area (Å²) in [6.07, 6.45) is 1.27. The minimum absolute atomic E-state index is 0.00113. The standard InChI is InChI=1S/C17H28IN2/c1-14-17(2,3)15-10-7-8-11-16(15)19(18-14)12-9-13-20(4,5)6/h7-8,10-11H,9,12-13H2,1-6H3/q+1. The van der Waals surface area contributed by atoms with Gasteiger partial charge in [0.2, 0.25) is 0 Å². The molecule has 0 radical (unpaired) electrons. The Kier molecular flexibility index (Phi) is 4.59. The van der Waals surface area contributed by atoms with E-state index >= 15 is 0 Å². The SMILES string of the molecule is CC1=IN(CCC[N+](C)(C)C)c2ccccc2C1(C)C. The van der Waals surface area contributed by atoms with E-state index in [4.69, 9.17) is 0 Å². The number of nitrogens with zero attached hydrogens (tertiary/aromatic N) is 2. The average molecular weight is 387 g/mol. The lowest BCUT2D eigenvalue weighted by molar-refractivity contribution is -0.870. The summed E-state index contributed by atoms with van der Waals surface area (Å²) in [7, 11) is 6.83. The van der Waals surface area contributed by atoms with E-state index in [-0.39, 0.29) is 26.4 Å². The highest BCUT2D eigenvalue weighted by Crippen LogP contribution is 2.42. The third-order valence-corrected chi connectivity index (χ3v) is 7.77. The second-order valence-corrected chi connectivity index (χ2v) is 10.5. The molecule has 0 saturated carbocycles. The monoisotopic (exact) mass is 387 g/mol. The van der Waals surface area contributed by atoms with E-state index in [2.05, 4.69) is 69.3 Å². The number of hydrogen-bond acceptors (Lipinski definition) is 1. The Balaban J connectivity index is 2.20. The Morgan fingerprint density at radius 3 is 2.45 bits per heavy atom. The fraction of sp³-hybridized carbons (Fsp3) is 0.588. The van der Waals surface area contributed by atoms with Crippen molar-refractivity contribution >= 4 is 30.2 Å². The van der Waals surface area contributed by atoms with Crippen molar-refractivity contribution in [1.82, 2.24) is 0 Å². The van der Waals surface area contributed by atoms with Crippen molar-refractivity contribution in [1.29, 1.82) is 0 Å². The van der Waals surface area contributed by atoms with Crippen molar-refractivity contribution < 1.29 is 4.48 Å². The van der Waals surface area contributed by atoms with Crippen LogP contribution in [0.5, 0.6) is 0 Å². The lowest BCUT2D eigenvalue weighted by atomic mass is 9.81. The third-order valence-electron chi connectivity index (χ3n) is 4.11. The molecular formula is C17H28IN2+. The Labute approximate surface area is 134 Å². The normalized spacial score (nSPS) is 18.1. The number of quaternary nitrogens is 1. The Morgan fingerprint density at radius 2 is 1.80 bits per heavy atom. The first-order valence-corrected chi connectivity index (χ1v) is 9.43. The smallest absolute Gasteiger partial charge is 0.0797 e. The average Bonchev–Trinajstić information content (AvgIpc) is 2.34. The van der Waals surface area contributed by atoms with Gasteiger partial charge in [0.25, 0.3) is 0 Å². The molecule has 20 heavy (non-hydrogen) atoms. The molecule has 3 heteroatoms. The summed E-state index contributed by atoms with van der Waals surface area (Å²) in [5.41, 5.74) is 3.24. The van der Waals surface area contributed by atoms with Crippen LogP contribution in [-0.2, 0) is 5.41 Å². The molecule has 0 saturated heterocycles. The van der Waals surface area contributed by atoms with Gasteiger partial charge >= 0.3 is 0 Å². The minimum atomic E-state index is 0.00113. The molecule has 2 rings (SSSR count). The molecule has 0 aromatic heterocycles. The van der Waals surface area contributed by atoms with Crippen LogP contribution in [-0.4, -0.2) is 42.2 Å². The Bertz CT molecular complexity index is 512. The Hall–Kier alpha value is -0.420. The predicted octanol–water partition coefficient (Wildman–Crippen LogP) is 3.96. The molecule has 112 valence electrons. The summed E-state index contributed by atoms with van der Waals surface area (Å²) < 4.78 is 5.41. The van der Waals surface area contributed by atoms with Crippen molar-refractivity contribution in [2.45, 2.75) is 32.6 Å². The van der Waals surface area contributed by atoms with Gasteiger partial charge in [-0.3, -0.25) is 0 Å². The lowest BCUT2D eigenvalue weighted by Crippen LogP contribution is -2.38. The van der Waals surface area contributed by atoms with Gasteiger partial charge in [-0.15, -0.1) is 0 Å². The fourth-order valence-electron chi connectivity index (χ4n) is 2.55. The first-order valence-electron chi connectivity index (χ1n) is 7.38. The van der Waals surface area contributed by atoms with Crippen molar-refractivity contribution in [3.8, 4) is 0 Å². The highest BCUT2D eigenvalue weighted by Gasteiger charge is 2.31. The van der Waals surface area contributed by atoms with Crippen LogP contribution in [0.1, 0.15) is 32.8 Å². The van der Waals surface area contributed by atoms with Crippen LogP contribution in [0.4, 0.5) is 5.69 Å². The number of halogens is 1. The molecule has 1 aromatic rings. The predicted molar refractivity (Wildman–Crippen MR) is 99.0 cm³/mol. The molecule has 0 N–H and O–H groups in total. The number of anilines is 1. The van der Waals surface area contributed by atoms with Crippen molar-refractivity contribution in [2.75, 3.05) is 37.3 Å². The molecular weight excluding hydrogens is 359 g/mol. The fourth-order valence-corrected chi connectivity index (χ4v) is 5.58. The van der Waals surface area contributed by atoms with Crippen molar-refractivity contribution in [2.24, 2.45) is 0 Å². The first kappa shape index (κ1) is 16.0. The van der Waals surface area contributed by atoms with Gasteiger partial charge in [-0.25, -0.2) is 0 Å². The molecule has 1 aliphatic rings. The largest absolute Gasteiger partial charge is 0.331 e. The minimum Gasteiger partial charge on any atom is -0.331 e.